The molecular weight excluding hydrogens is 863 g/mol. The molecular formula is C52H81NO14. The molecule has 378 valence electrons. The fourth-order valence-electron chi connectivity index (χ4n) is 10.2. The Morgan fingerprint density at radius 1 is 0.866 bits per heavy atom. The molecule has 1 saturated carbocycles. The van der Waals surface area contributed by atoms with E-state index in [4.69, 9.17) is 23.7 Å². The Morgan fingerprint density at radius 2 is 1.60 bits per heavy atom. The van der Waals surface area contributed by atoms with Gasteiger partial charge in [-0.2, -0.15) is 0 Å². The number of amides is 1. The summed E-state index contributed by atoms with van der Waals surface area (Å²) in [6, 6.07) is -1.16. The van der Waals surface area contributed by atoms with Crippen molar-refractivity contribution < 1.29 is 68.1 Å². The first-order chi connectivity index (χ1) is 31.7. The Morgan fingerprint density at radius 3 is 2.28 bits per heavy atom. The second-order valence-electron chi connectivity index (χ2n) is 19.9. The van der Waals surface area contributed by atoms with Crippen molar-refractivity contribution in [3.8, 4) is 0 Å². The lowest BCUT2D eigenvalue weighted by Crippen LogP contribution is -2.61. The molecule has 4 N–H and O–H groups in total. The lowest BCUT2D eigenvalue weighted by Gasteiger charge is -2.42. The molecule has 4 aliphatic rings. The van der Waals surface area contributed by atoms with Crippen LogP contribution in [-0.2, 0) is 47.7 Å². The standard InChI is InChI=1S/C52H81NO14/c1-31-15-11-10-12-16-32(2)41(55)29-39-20-18-37(7)52(62,67-39)49(59)50(60)53-22-14-13-17-40(53)51(61)66-44(34(4)27-38-19-21-43(65-24-23-54)45(28-38)63-8)30-42(56)33(3)26-36(6)47(58)48(64-9)46(57)35(5)25-31/h10-12,15-16,26,31,33-35,37-41,43-45,47-48,54-55,58,62H,13-14,17-25,27-30H2,1-9H3/b12-10+,15-11-,32-16+,36-26+/t31-,33-,34-,35-,37-,38+,39?,40?,41+,43-,44?,45-,47-,48+,52-/m1/s1. The van der Waals surface area contributed by atoms with Crippen LogP contribution in [0.1, 0.15) is 126 Å². The zero-order chi connectivity index (χ0) is 49.6. The number of esters is 1. The predicted molar refractivity (Wildman–Crippen MR) is 251 cm³/mol. The topological polar surface area (TPSA) is 216 Å². The second kappa shape index (κ2) is 26.5. The third kappa shape index (κ3) is 15.3. The molecule has 4 rings (SSSR count). The summed E-state index contributed by atoms with van der Waals surface area (Å²) in [7, 11) is 2.99. The number of ketones is 3. The molecule has 3 aliphatic heterocycles. The van der Waals surface area contributed by atoms with Gasteiger partial charge in [-0.25, -0.2) is 4.79 Å². The van der Waals surface area contributed by atoms with Crippen LogP contribution in [0.2, 0.25) is 0 Å². The summed E-state index contributed by atoms with van der Waals surface area (Å²) in [6.45, 7) is 12.6. The number of Topliss-reactive ketones (excluding diaryl/α,β-unsaturated/α-hetero) is 3. The monoisotopic (exact) mass is 944 g/mol. The van der Waals surface area contributed by atoms with Crippen LogP contribution in [0.5, 0.6) is 0 Å². The molecule has 0 radical (unpaired) electrons. The molecule has 0 spiro atoms. The third-order valence-electron chi connectivity index (χ3n) is 14.6. The van der Waals surface area contributed by atoms with Gasteiger partial charge in [0.1, 0.15) is 30.1 Å². The first kappa shape index (κ1) is 56.2. The van der Waals surface area contributed by atoms with Crippen molar-refractivity contribution in [1.29, 1.82) is 0 Å². The zero-order valence-corrected chi connectivity index (χ0v) is 41.5. The van der Waals surface area contributed by atoms with Crippen LogP contribution in [-0.4, -0.2) is 143 Å². The minimum Gasteiger partial charge on any atom is -0.460 e. The number of allylic oxidation sites excluding steroid dienone is 6. The van der Waals surface area contributed by atoms with Crippen molar-refractivity contribution in [3.63, 3.8) is 0 Å². The Balaban J connectivity index is 1.68. The number of fused-ring (bicyclic) bond motifs is 3. The minimum atomic E-state index is -2.49. The van der Waals surface area contributed by atoms with Crippen LogP contribution in [0, 0.1) is 35.5 Å². The van der Waals surface area contributed by atoms with Crippen molar-refractivity contribution in [2.24, 2.45) is 35.5 Å². The maximum absolute atomic E-state index is 14.4. The van der Waals surface area contributed by atoms with Gasteiger partial charge in [0.15, 0.2) is 5.78 Å². The Kier molecular flexibility index (Phi) is 22.3. The summed E-state index contributed by atoms with van der Waals surface area (Å²) in [5, 5.41) is 43.8. The molecule has 2 bridgehead atoms. The smallest absolute Gasteiger partial charge is 0.329 e. The normalized spacial score (nSPS) is 39.6. The summed E-state index contributed by atoms with van der Waals surface area (Å²) in [4.78, 5) is 71.8. The number of piperidine rings is 1. The molecule has 1 amide bonds. The SMILES string of the molecule is CO[C@@H]1C[C@H](C[C@@H](C)C2CC(=O)[C@H](C)/C=C(\C)[C@@H](O)[C@@H](OC)C(=O)[C@H](C)C[C@H](C)\C=C/C=C/C=C(\C)[C@@H](O)CC3CC[C@@H](C)[C@@](O)(O3)C(=O)C(=O)N3CCCCC3C(=O)O2)CC[C@H]1OCCO. The molecule has 67 heavy (non-hydrogen) atoms. The first-order valence-electron chi connectivity index (χ1n) is 24.6. The highest BCUT2D eigenvalue weighted by Crippen LogP contribution is 2.38. The van der Waals surface area contributed by atoms with Gasteiger partial charge in [0.25, 0.3) is 11.7 Å². The number of hydrogen-bond donors (Lipinski definition) is 4. The van der Waals surface area contributed by atoms with Gasteiger partial charge < -0.3 is 49.0 Å². The number of carbonyl (C=O) groups is 5. The first-order valence-corrected chi connectivity index (χ1v) is 24.6. The van der Waals surface area contributed by atoms with E-state index in [9.17, 15) is 44.4 Å². The van der Waals surface area contributed by atoms with E-state index in [0.29, 0.717) is 62.5 Å². The lowest BCUT2D eigenvalue weighted by molar-refractivity contribution is -0.265. The number of aliphatic hydroxyl groups is 4. The van der Waals surface area contributed by atoms with Crippen molar-refractivity contribution >= 4 is 29.2 Å². The van der Waals surface area contributed by atoms with Crippen molar-refractivity contribution in [2.45, 2.75) is 180 Å². The highest BCUT2D eigenvalue weighted by atomic mass is 16.6. The highest BCUT2D eigenvalue weighted by molar-refractivity contribution is 6.39. The summed E-state index contributed by atoms with van der Waals surface area (Å²) in [5.41, 5.74) is 0.998. The zero-order valence-electron chi connectivity index (χ0n) is 41.5. The molecule has 3 unspecified atom stereocenters. The van der Waals surface area contributed by atoms with Gasteiger partial charge in [-0.05, 0) is 107 Å². The third-order valence-corrected chi connectivity index (χ3v) is 14.6. The maximum atomic E-state index is 14.4. The van der Waals surface area contributed by atoms with Gasteiger partial charge in [0.2, 0.25) is 5.79 Å². The van der Waals surface area contributed by atoms with Crippen molar-refractivity contribution in [1.82, 2.24) is 4.90 Å². The van der Waals surface area contributed by atoms with Crippen LogP contribution in [0.4, 0.5) is 0 Å². The Hall–Kier alpha value is -3.41. The number of rotatable bonds is 8. The van der Waals surface area contributed by atoms with Crippen LogP contribution in [0.25, 0.3) is 0 Å². The molecule has 15 heteroatoms. The number of nitrogens with zero attached hydrogens (tertiary/aromatic N) is 1. The van der Waals surface area contributed by atoms with E-state index >= 15 is 0 Å². The summed E-state index contributed by atoms with van der Waals surface area (Å²) >= 11 is 0. The van der Waals surface area contributed by atoms with E-state index in [0.717, 1.165) is 11.3 Å². The van der Waals surface area contributed by atoms with E-state index in [2.05, 4.69) is 0 Å². The van der Waals surface area contributed by atoms with E-state index < -0.39 is 77.8 Å². The van der Waals surface area contributed by atoms with Gasteiger partial charge in [-0.15, -0.1) is 0 Å². The Labute approximate surface area is 398 Å². The maximum Gasteiger partial charge on any atom is 0.329 e. The van der Waals surface area contributed by atoms with Gasteiger partial charge in [-0.1, -0.05) is 71.1 Å². The number of hydrogen-bond acceptors (Lipinski definition) is 14. The van der Waals surface area contributed by atoms with Gasteiger partial charge >= 0.3 is 5.97 Å². The van der Waals surface area contributed by atoms with Crippen LogP contribution in [0.3, 0.4) is 0 Å². The Bertz CT molecular complexity index is 1790. The predicted octanol–water partition coefficient (Wildman–Crippen LogP) is 5.54. The highest BCUT2D eigenvalue weighted by Gasteiger charge is 2.53. The largest absolute Gasteiger partial charge is 0.460 e. The second-order valence-corrected chi connectivity index (χ2v) is 19.9. The number of methoxy groups -OCH3 is 2. The van der Waals surface area contributed by atoms with Crippen molar-refractivity contribution in [3.05, 3.63) is 47.6 Å². The average molecular weight is 944 g/mol. The van der Waals surface area contributed by atoms with Gasteiger partial charge in [0, 0.05) is 51.4 Å². The van der Waals surface area contributed by atoms with Crippen LogP contribution in [0.15, 0.2) is 47.6 Å². The van der Waals surface area contributed by atoms with E-state index in [1.807, 2.05) is 32.1 Å². The molecule has 1 aliphatic carbocycles. The van der Waals surface area contributed by atoms with Crippen LogP contribution < -0.4 is 0 Å². The molecule has 3 heterocycles. The molecule has 0 aromatic rings. The molecule has 0 aromatic carbocycles. The van der Waals surface area contributed by atoms with E-state index in [1.54, 1.807) is 60.0 Å². The van der Waals surface area contributed by atoms with E-state index in [-0.39, 0.29) is 80.5 Å². The fraction of sp³-hybridized carbons (Fsp3) is 0.750. The molecule has 15 nitrogen and oxygen atoms in total. The molecule has 0 aromatic heterocycles. The summed E-state index contributed by atoms with van der Waals surface area (Å²) < 4.78 is 29.5. The van der Waals surface area contributed by atoms with Crippen LogP contribution >= 0.6 is 0 Å². The average Bonchev–Trinajstić information content (AvgIpc) is 3.30. The number of cyclic esters (lactones) is 1. The number of aliphatic hydroxyl groups excluding tert-OH is 3. The number of ether oxygens (including phenoxy) is 5. The van der Waals surface area contributed by atoms with Gasteiger partial charge in [-0.3, -0.25) is 19.2 Å². The van der Waals surface area contributed by atoms with Crippen molar-refractivity contribution in [2.75, 3.05) is 34.0 Å². The minimum absolute atomic E-state index is 0.00840. The van der Waals surface area contributed by atoms with Gasteiger partial charge in [0.05, 0.1) is 37.6 Å². The quantitative estimate of drug-likeness (QED) is 0.134. The summed E-state index contributed by atoms with van der Waals surface area (Å²) in [5.74, 6) is -8.25. The molecule has 15 atom stereocenters. The number of carbonyl (C=O) groups excluding carboxylic acids is 5. The van der Waals surface area contributed by atoms with E-state index in [1.165, 1.54) is 7.11 Å². The molecule has 2 saturated heterocycles. The summed E-state index contributed by atoms with van der Waals surface area (Å²) in [6.07, 6.45) is 10.3. The lowest BCUT2D eigenvalue weighted by atomic mass is 9.78. The fourth-order valence-corrected chi connectivity index (χ4v) is 10.2. The molecule has 3 fully saturated rings.